The number of halogens is 1. The van der Waals surface area contributed by atoms with Crippen LogP contribution in [-0.2, 0) is 17.9 Å². The average Bonchev–Trinajstić information content (AvgIpc) is 3.20. The third kappa shape index (κ3) is 6.08. The largest absolute Gasteiger partial charge is 0.351 e. The van der Waals surface area contributed by atoms with Crippen LogP contribution in [-0.4, -0.2) is 24.4 Å². The third-order valence-corrected chi connectivity index (χ3v) is 4.61. The van der Waals surface area contributed by atoms with Crippen molar-refractivity contribution in [1.82, 2.24) is 16.0 Å². The molecule has 0 aliphatic carbocycles. The van der Waals surface area contributed by atoms with Crippen LogP contribution in [0.5, 0.6) is 0 Å². The number of carbonyl (C=O) groups is 2. The second-order valence-electron chi connectivity index (χ2n) is 6.74. The van der Waals surface area contributed by atoms with E-state index >= 15 is 0 Å². The van der Waals surface area contributed by atoms with Crippen LogP contribution in [0.3, 0.4) is 0 Å². The molecule has 0 spiro atoms. The minimum absolute atomic E-state index is 0. The maximum atomic E-state index is 12.4. The maximum absolute atomic E-state index is 12.4. The van der Waals surface area contributed by atoms with E-state index in [1.807, 2.05) is 49.4 Å². The molecule has 1 unspecified atom stereocenters. The number of hydrogen-bond donors (Lipinski definition) is 3. The van der Waals surface area contributed by atoms with Crippen LogP contribution in [0.4, 0.5) is 0 Å². The molecule has 27 heavy (non-hydrogen) atoms. The van der Waals surface area contributed by atoms with Crippen LogP contribution >= 0.6 is 12.4 Å². The van der Waals surface area contributed by atoms with Crippen molar-refractivity contribution in [2.24, 2.45) is 0 Å². The molecule has 0 bridgehead atoms. The summed E-state index contributed by atoms with van der Waals surface area (Å²) in [5, 5.41) is 9.05. The first-order valence-electron chi connectivity index (χ1n) is 9.05. The second kappa shape index (κ2) is 10.1. The topological polar surface area (TPSA) is 70.2 Å². The average molecular weight is 388 g/mol. The number of carbonyl (C=O) groups excluding carboxylic acids is 2. The van der Waals surface area contributed by atoms with Gasteiger partial charge in [0.15, 0.2) is 0 Å². The molecular weight excluding hydrogens is 362 g/mol. The van der Waals surface area contributed by atoms with E-state index in [1.165, 1.54) is 5.56 Å². The Morgan fingerprint density at radius 3 is 2.48 bits per heavy atom. The van der Waals surface area contributed by atoms with E-state index in [4.69, 9.17) is 0 Å². The van der Waals surface area contributed by atoms with Crippen molar-refractivity contribution in [3.8, 4) is 0 Å². The molecule has 144 valence electrons. The zero-order chi connectivity index (χ0) is 18.4. The second-order valence-corrected chi connectivity index (χ2v) is 6.74. The number of benzene rings is 2. The summed E-state index contributed by atoms with van der Waals surface area (Å²) in [5.41, 5.74) is 3.78. The summed E-state index contributed by atoms with van der Waals surface area (Å²) >= 11 is 0. The minimum atomic E-state index is -0.115. The highest BCUT2D eigenvalue weighted by molar-refractivity contribution is 5.94. The van der Waals surface area contributed by atoms with Gasteiger partial charge in [0.1, 0.15) is 0 Å². The summed E-state index contributed by atoms with van der Waals surface area (Å²) in [4.78, 5) is 24.4. The standard InChI is InChI=1S/C21H25N3O2.ClH/c1-15-7-9-16(10-8-15)13-23-20(25)18-5-2-4-17(12-18)14-24-21(26)19-6-3-11-22-19;/h2,4-5,7-10,12,19,22H,3,6,11,13-14H2,1H3,(H,23,25)(H,24,26);1H. The van der Waals surface area contributed by atoms with Crippen LogP contribution in [0.25, 0.3) is 0 Å². The van der Waals surface area contributed by atoms with Gasteiger partial charge in [-0.15, -0.1) is 12.4 Å². The Labute approximate surface area is 166 Å². The van der Waals surface area contributed by atoms with E-state index < -0.39 is 0 Å². The molecule has 3 rings (SSSR count). The van der Waals surface area contributed by atoms with Crippen molar-refractivity contribution in [1.29, 1.82) is 0 Å². The molecule has 2 aromatic carbocycles. The lowest BCUT2D eigenvalue weighted by atomic mass is 10.1. The van der Waals surface area contributed by atoms with Gasteiger partial charge in [-0.05, 0) is 49.6 Å². The summed E-state index contributed by atoms with van der Waals surface area (Å²) in [5.74, 6) is -0.0899. The van der Waals surface area contributed by atoms with Gasteiger partial charge in [-0.3, -0.25) is 9.59 Å². The lowest BCUT2D eigenvalue weighted by Crippen LogP contribution is -2.40. The van der Waals surface area contributed by atoms with Crippen molar-refractivity contribution < 1.29 is 9.59 Å². The maximum Gasteiger partial charge on any atom is 0.251 e. The Morgan fingerprint density at radius 1 is 1.04 bits per heavy atom. The van der Waals surface area contributed by atoms with Crippen LogP contribution in [0.1, 0.15) is 39.9 Å². The van der Waals surface area contributed by atoms with Crippen molar-refractivity contribution in [2.45, 2.75) is 38.9 Å². The fourth-order valence-electron chi connectivity index (χ4n) is 3.03. The Kier molecular flexibility index (Phi) is 7.82. The predicted octanol–water partition coefficient (Wildman–Crippen LogP) is 2.72. The van der Waals surface area contributed by atoms with Gasteiger partial charge in [-0.1, -0.05) is 42.0 Å². The summed E-state index contributed by atoms with van der Waals surface area (Å²) < 4.78 is 0. The summed E-state index contributed by atoms with van der Waals surface area (Å²) in [7, 11) is 0. The van der Waals surface area contributed by atoms with Gasteiger partial charge in [0, 0.05) is 18.7 Å². The molecule has 1 aliphatic heterocycles. The summed E-state index contributed by atoms with van der Waals surface area (Å²) in [6.45, 7) is 3.85. The lowest BCUT2D eigenvalue weighted by molar-refractivity contribution is -0.122. The van der Waals surface area contributed by atoms with Gasteiger partial charge in [0.25, 0.3) is 5.91 Å². The number of hydrogen-bond acceptors (Lipinski definition) is 3. The van der Waals surface area contributed by atoms with Gasteiger partial charge in [-0.2, -0.15) is 0 Å². The molecule has 2 aromatic rings. The van der Waals surface area contributed by atoms with Crippen molar-refractivity contribution >= 4 is 24.2 Å². The first-order valence-corrected chi connectivity index (χ1v) is 9.05. The Bertz CT molecular complexity index is 771. The fourth-order valence-corrected chi connectivity index (χ4v) is 3.03. The Morgan fingerprint density at radius 2 is 1.78 bits per heavy atom. The number of nitrogens with one attached hydrogen (secondary N) is 3. The molecule has 2 amide bonds. The van der Waals surface area contributed by atoms with Crippen LogP contribution in [0.15, 0.2) is 48.5 Å². The monoisotopic (exact) mass is 387 g/mol. The molecule has 3 N–H and O–H groups in total. The molecule has 0 aromatic heterocycles. The zero-order valence-corrected chi connectivity index (χ0v) is 16.3. The lowest BCUT2D eigenvalue weighted by Gasteiger charge is -2.12. The number of aryl methyl sites for hydroxylation is 1. The van der Waals surface area contributed by atoms with Gasteiger partial charge in [0.05, 0.1) is 6.04 Å². The smallest absolute Gasteiger partial charge is 0.251 e. The van der Waals surface area contributed by atoms with Crippen LogP contribution in [0, 0.1) is 6.92 Å². The SMILES string of the molecule is Cc1ccc(CNC(=O)c2cccc(CNC(=O)C3CCCN3)c2)cc1.Cl. The van der Waals surface area contributed by atoms with Crippen LogP contribution < -0.4 is 16.0 Å². The van der Waals surface area contributed by atoms with Gasteiger partial charge in [0.2, 0.25) is 5.91 Å². The Hall–Kier alpha value is -2.37. The molecule has 1 aliphatic rings. The van der Waals surface area contributed by atoms with Crippen molar-refractivity contribution in [3.63, 3.8) is 0 Å². The van der Waals surface area contributed by atoms with Crippen molar-refractivity contribution in [3.05, 3.63) is 70.8 Å². The van der Waals surface area contributed by atoms with Gasteiger partial charge >= 0.3 is 0 Å². The highest BCUT2D eigenvalue weighted by Gasteiger charge is 2.21. The highest BCUT2D eigenvalue weighted by Crippen LogP contribution is 2.08. The van der Waals surface area contributed by atoms with Gasteiger partial charge in [-0.25, -0.2) is 0 Å². The van der Waals surface area contributed by atoms with E-state index in [9.17, 15) is 9.59 Å². The normalized spacial score (nSPS) is 15.7. The zero-order valence-electron chi connectivity index (χ0n) is 15.5. The molecule has 1 atom stereocenters. The molecule has 1 saturated heterocycles. The third-order valence-electron chi connectivity index (χ3n) is 4.61. The molecule has 1 heterocycles. The molecule has 1 fully saturated rings. The first kappa shape index (κ1) is 20.9. The predicted molar refractivity (Wildman–Crippen MR) is 109 cm³/mol. The summed E-state index contributed by atoms with van der Waals surface area (Å²) in [6.07, 6.45) is 1.92. The molecular formula is C21H26ClN3O2. The summed E-state index contributed by atoms with van der Waals surface area (Å²) in [6, 6.07) is 15.4. The van der Waals surface area contributed by atoms with Crippen molar-refractivity contribution in [2.75, 3.05) is 6.54 Å². The number of rotatable bonds is 6. The van der Waals surface area contributed by atoms with E-state index in [2.05, 4.69) is 16.0 Å². The first-order chi connectivity index (χ1) is 12.6. The highest BCUT2D eigenvalue weighted by atomic mass is 35.5. The van der Waals surface area contributed by atoms with E-state index in [0.29, 0.717) is 18.7 Å². The van der Waals surface area contributed by atoms with Crippen LogP contribution in [0.2, 0.25) is 0 Å². The molecule has 0 saturated carbocycles. The quantitative estimate of drug-likeness (QED) is 0.713. The van der Waals surface area contributed by atoms with Gasteiger partial charge < -0.3 is 16.0 Å². The molecule has 0 radical (unpaired) electrons. The number of amides is 2. The molecule has 6 heteroatoms. The minimum Gasteiger partial charge on any atom is -0.351 e. The fraction of sp³-hybridized carbons (Fsp3) is 0.333. The van der Waals surface area contributed by atoms with E-state index in [0.717, 1.165) is 30.5 Å². The molecule has 5 nitrogen and oxygen atoms in total. The van der Waals surface area contributed by atoms with E-state index in [-0.39, 0.29) is 30.3 Å². The Balaban J connectivity index is 0.00000261. The van der Waals surface area contributed by atoms with E-state index in [1.54, 1.807) is 6.07 Å².